The number of imide groups is 1. The van der Waals surface area contributed by atoms with Gasteiger partial charge in [0.05, 0.1) is 22.8 Å². The van der Waals surface area contributed by atoms with Crippen molar-refractivity contribution in [2.75, 3.05) is 6.61 Å². The van der Waals surface area contributed by atoms with Crippen LogP contribution in [-0.4, -0.2) is 34.9 Å². The van der Waals surface area contributed by atoms with Gasteiger partial charge in [0.2, 0.25) is 0 Å². The number of aliphatic hydroxyl groups is 1. The van der Waals surface area contributed by atoms with Crippen LogP contribution in [0.3, 0.4) is 0 Å². The molecule has 1 rings (SSSR count). The van der Waals surface area contributed by atoms with E-state index >= 15 is 0 Å². The van der Waals surface area contributed by atoms with Gasteiger partial charge in [-0.3, -0.25) is 25.2 Å². The molecular formula is C14H15N3O6. The minimum Gasteiger partial charge on any atom is -0.512 e. The van der Waals surface area contributed by atoms with Crippen LogP contribution in [0.15, 0.2) is 40.6 Å². The predicted octanol–water partition coefficient (Wildman–Crippen LogP) is 2.40. The van der Waals surface area contributed by atoms with Gasteiger partial charge < -0.3 is 9.84 Å². The lowest BCUT2D eigenvalue weighted by atomic mass is 10.2. The number of nitrogens with zero attached hydrogens (tertiary/aromatic N) is 2. The molecule has 23 heavy (non-hydrogen) atoms. The van der Waals surface area contributed by atoms with Gasteiger partial charge in [-0.15, -0.1) is 0 Å². The average Bonchev–Trinajstić information content (AvgIpc) is 2.47. The van der Waals surface area contributed by atoms with E-state index in [1.54, 1.807) is 6.92 Å². The van der Waals surface area contributed by atoms with Crippen molar-refractivity contribution in [3.8, 4) is 0 Å². The maximum atomic E-state index is 11.8. The number of alkyl carbamates (subject to hydrolysis) is 1. The van der Waals surface area contributed by atoms with Crippen LogP contribution in [0, 0.1) is 10.1 Å². The van der Waals surface area contributed by atoms with E-state index in [1.807, 2.05) is 5.32 Å². The number of nitrogens with one attached hydrogen (secondary N) is 1. The van der Waals surface area contributed by atoms with E-state index < -0.39 is 16.9 Å². The highest BCUT2D eigenvalue weighted by atomic mass is 16.6. The van der Waals surface area contributed by atoms with Crippen molar-refractivity contribution in [2.45, 2.75) is 13.8 Å². The SMILES string of the molecule is CCOC(=O)NC(=O)C(C=Nc1ccc([N+](=O)[O-])cc1)=C(C)O. The third-order valence-electron chi connectivity index (χ3n) is 2.53. The zero-order valence-corrected chi connectivity index (χ0v) is 12.5. The Labute approximate surface area is 131 Å². The number of non-ortho nitro benzene ring substituents is 1. The second-order valence-corrected chi connectivity index (χ2v) is 4.21. The fraction of sp³-hybridized carbons (Fsp3) is 0.214. The van der Waals surface area contributed by atoms with Gasteiger partial charge in [-0.1, -0.05) is 0 Å². The van der Waals surface area contributed by atoms with Crippen molar-refractivity contribution < 1.29 is 24.4 Å². The topological polar surface area (TPSA) is 131 Å². The van der Waals surface area contributed by atoms with Crippen molar-refractivity contribution in [1.29, 1.82) is 0 Å². The summed E-state index contributed by atoms with van der Waals surface area (Å²) in [4.78, 5) is 36.9. The smallest absolute Gasteiger partial charge is 0.414 e. The van der Waals surface area contributed by atoms with E-state index in [9.17, 15) is 24.8 Å². The van der Waals surface area contributed by atoms with Crippen LogP contribution < -0.4 is 5.32 Å². The molecule has 0 aliphatic heterocycles. The Kier molecular flexibility index (Phi) is 6.41. The number of carbonyl (C=O) groups excluding carboxylic acids is 2. The first-order chi connectivity index (χ1) is 10.8. The second kappa shape index (κ2) is 8.27. The van der Waals surface area contributed by atoms with Crippen LogP contribution in [0.1, 0.15) is 13.8 Å². The Hall–Kier alpha value is -3.23. The fourth-order valence-corrected chi connectivity index (χ4v) is 1.44. The van der Waals surface area contributed by atoms with Crippen LogP contribution in [0.2, 0.25) is 0 Å². The number of nitro benzene ring substituents is 1. The molecule has 0 atom stereocenters. The first-order valence-corrected chi connectivity index (χ1v) is 6.51. The third kappa shape index (κ3) is 5.58. The van der Waals surface area contributed by atoms with Gasteiger partial charge in [-0.25, -0.2) is 4.79 Å². The van der Waals surface area contributed by atoms with Crippen LogP contribution in [-0.2, 0) is 9.53 Å². The average molecular weight is 321 g/mol. The van der Waals surface area contributed by atoms with E-state index in [0.29, 0.717) is 5.69 Å². The summed E-state index contributed by atoms with van der Waals surface area (Å²) in [5.41, 5.74) is -0.00667. The highest BCUT2D eigenvalue weighted by Gasteiger charge is 2.15. The van der Waals surface area contributed by atoms with Gasteiger partial charge in [0.25, 0.3) is 11.6 Å². The molecule has 0 unspecified atom stereocenters. The molecule has 0 bridgehead atoms. The number of allylic oxidation sites excluding steroid dienone is 1. The lowest BCUT2D eigenvalue weighted by Crippen LogP contribution is -2.33. The quantitative estimate of drug-likeness (QED) is 0.281. The molecule has 0 spiro atoms. The molecule has 9 heteroatoms. The Morgan fingerprint density at radius 2 is 2.00 bits per heavy atom. The van der Waals surface area contributed by atoms with Gasteiger partial charge in [0, 0.05) is 18.3 Å². The number of amides is 2. The second-order valence-electron chi connectivity index (χ2n) is 4.21. The summed E-state index contributed by atoms with van der Waals surface area (Å²) in [5.74, 6) is -1.23. The van der Waals surface area contributed by atoms with Crippen molar-refractivity contribution in [3.63, 3.8) is 0 Å². The molecule has 0 saturated carbocycles. The Balaban J connectivity index is 2.88. The molecule has 9 nitrogen and oxygen atoms in total. The van der Waals surface area contributed by atoms with Crippen molar-refractivity contribution in [3.05, 3.63) is 45.7 Å². The normalized spacial score (nSPS) is 11.7. The van der Waals surface area contributed by atoms with Crippen LogP contribution in [0.25, 0.3) is 0 Å². The lowest BCUT2D eigenvalue weighted by Gasteiger charge is -2.05. The molecule has 1 aromatic rings. The van der Waals surface area contributed by atoms with Gasteiger partial charge in [0.15, 0.2) is 0 Å². The van der Waals surface area contributed by atoms with Gasteiger partial charge in [0.1, 0.15) is 5.76 Å². The van der Waals surface area contributed by atoms with Gasteiger partial charge >= 0.3 is 6.09 Å². The molecule has 0 heterocycles. The van der Waals surface area contributed by atoms with Crippen LogP contribution in [0.5, 0.6) is 0 Å². The van der Waals surface area contributed by atoms with Gasteiger partial charge in [-0.05, 0) is 26.0 Å². The largest absolute Gasteiger partial charge is 0.512 e. The molecule has 0 aromatic heterocycles. The molecule has 2 N–H and O–H groups in total. The number of hydrogen-bond donors (Lipinski definition) is 2. The summed E-state index contributed by atoms with van der Waals surface area (Å²) in [6.07, 6.45) is 0.102. The number of rotatable bonds is 5. The number of aliphatic imine (C=N–C) groups is 1. The van der Waals surface area contributed by atoms with E-state index in [0.717, 1.165) is 6.21 Å². The Morgan fingerprint density at radius 1 is 1.39 bits per heavy atom. The predicted molar refractivity (Wildman–Crippen MR) is 81.7 cm³/mol. The van der Waals surface area contributed by atoms with Gasteiger partial charge in [-0.2, -0.15) is 0 Å². The highest BCUT2D eigenvalue weighted by Crippen LogP contribution is 2.18. The number of benzene rings is 1. The number of hydrogen-bond acceptors (Lipinski definition) is 7. The minimum atomic E-state index is -0.944. The van der Waals surface area contributed by atoms with Crippen molar-refractivity contribution in [1.82, 2.24) is 5.32 Å². The molecule has 0 saturated heterocycles. The number of carbonyl (C=O) groups is 2. The molecule has 0 radical (unpaired) electrons. The number of nitro groups is 1. The van der Waals surface area contributed by atoms with E-state index in [-0.39, 0.29) is 23.6 Å². The minimum absolute atomic E-state index is 0.0904. The summed E-state index contributed by atoms with van der Waals surface area (Å²) < 4.78 is 4.56. The van der Waals surface area contributed by atoms with Crippen LogP contribution in [0.4, 0.5) is 16.2 Å². The summed E-state index contributed by atoms with van der Waals surface area (Å²) in [6, 6.07) is 5.26. The molecule has 122 valence electrons. The highest BCUT2D eigenvalue weighted by molar-refractivity contribution is 6.16. The summed E-state index contributed by atoms with van der Waals surface area (Å²) in [6.45, 7) is 2.92. The van der Waals surface area contributed by atoms with E-state index in [2.05, 4.69) is 9.73 Å². The first kappa shape index (κ1) is 17.8. The molecule has 0 aliphatic rings. The lowest BCUT2D eigenvalue weighted by molar-refractivity contribution is -0.384. The fourth-order valence-electron chi connectivity index (χ4n) is 1.44. The summed E-state index contributed by atoms with van der Waals surface area (Å²) >= 11 is 0. The molecular weight excluding hydrogens is 306 g/mol. The molecule has 1 aromatic carbocycles. The zero-order valence-electron chi connectivity index (χ0n) is 12.5. The van der Waals surface area contributed by atoms with E-state index in [1.165, 1.54) is 31.2 Å². The molecule has 0 aliphatic carbocycles. The summed E-state index contributed by atoms with van der Waals surface area (Å²) in [7, 11) is 0. The van der Waals surface area contributed by atoms with Crippen molar-refractivity contribution in [2.24, 2.45) is 4.99 Å². The maximum Gasteiger partial charge on any atom is 0.414 e. The molecule has 0 fully saturated rings. The number of aliphatic hydroxyl groups excluding tert-OH is 1. The third-order valence-corrected chi connectivity index (χ3v) is 2.53. The molecule has 2 amide bonds. The Bertz CT molecular complexity index is 660. The zero-order chi connectivity index (χ0) is 17.4. The summed E-state index contributed by atoms with van der Waals surface area (Å²) in [5, 5.41) is 22.0. The monoisotopic (exact) mass is 321 g/mol. The standard InChI is InChI=1S/C14H15N3O6/c1-3-23-14(20)16-13(19)12(9(2)18)8-15-10-4-6-11(7-5-10)17(21)22/h4-8,18H,3H2,1-2H3,(H,16,19,20). The maximum absolute atomic E-state index is 11.8. The number of ether oxygens (including phenoxy) is 1. The van der Waals surface area contributed by atoms with Crippen molar-refractivity contribution >= 4 is 29.6 Å². The van der Waals surface area contributed by atoms with E-state index in [4.69, 9.17) is 0 Å². The first-order valence-electron chi connectivity index (χ1n) is 6.51. The van der Waals surface area contributed by atoms with Crippen LogP contribution >= 0.6 is 0 Å². The Morgan fingerprint density at radius 3 is 2.48 bits per heavy atom.